The van der Waals surface area contributed by atoms with Crippen molar-refractivity contribution >= 4 is 11.6 Å². The van der Waals surface area contributed by atoms with Gasteiger partial charge in [0.25, 0.3) is 5.91 Å². The minimum Gasteiger partial charge on any atom is -0.508 e. The van der Waals surface area contributed by atoms with Crippen LogP contribution < -0.4 is 11.1 Å². The second-order valence-corrected chi connectivity index (χ2v) is 3.75. The maximum Gasteiger partial charge on any atom is 0.254 e. The Morgan fingerprint density at radius 1 is 1.65 bits per heavy atom. The van der Waals surface area contributed by atoms with Crippen LogP contribution in [0.5, 0.6) is 5.75 Å². The fourth-order valence-corrected chi connectivity index (χ4v) is 1.46. The molecule has 0 spiro atoms. The molecule has 1 rings (SSSR count). The molecule has 4 N–H and O–H groups in total. The second kappa shape index (κ2) is 5.80. The van der Waals surface area contributed by atoms with Crippen molar-refractivity contribution in [2.45, 2.75) is 25.8 Å². The fraction of sp³-hybridized carbons (Fsp3) is 0.308. The third kappa shape index (κ3) is 3.42. The number of phenolic OH excluding ortho intramolecular Hbond substituents is 1. The summed E-state index contributed by atoms with van der Waals surface area (Å²) >= 11 is 0. The SMILES string of the molecule is C#CC(CCC)NC(=O)c1cc(O)ccc1N. The van der Waals surface area contributed by atoms with Crippen molar-refractivity contribution in [3.63, 3.8) is 0 Å². The molecule has 0 heterocycles. The van der Waals surface area contributed by atoms with Gasteiger partial charge in [0.1, 0.15) is 5.75 Å². The maximum atomic E-state index is 11.9. The lowest BCUT2D eigenvalue weighted by atomic mass is 10.1. The summed E-state index contributed by atoms with van der Waals surface area (Å²) in [5, 5.41) is 12.0. The van der Waals surface area contributed by atoms with Crippen molar-refractivity contribution < 1.29 is 9.90 Å². The highest BCUT2D eigenvalue weighted by molar-refractivity contribution is 5.99. The van der Waals surface area contributed by atoms with Gasteiger partial charge in [-0.15, -0.1) is 6.42 Å². The van der Waals surface area contributed by atoms with Gasteiger partial charge >= 0.3 is 0 Å². The van der Waals surface area contributed by atoms with E-state index in [-0.39, 0.29) is 23.3 Å². The number of phenols is 1. The fourth-order valence-electron chi connectivity index (χ4n) is 1.46. The average molecular weight is 232 g/mol. The lowest BCUT2D eigenvalue weighted by Crippen LogP contribution is -2.34. The molecule has 90 valence electrons. The van der Waals surface area contributed by atoms with E-state index in [9.17, 15) is 9.90 Å². The number of nitrogen functional groups attached to an aromatic ring is 1. The number of carbonyl (C=O) groups is 1. The Hall–Kier alpha value is -2.15. The Morgan fingerprint density at radius 3 is 2.94 bits per heavy atom. The summed E-state index contributed by atoms with van der Waals surface area (Å²) in [6, 6.07) is 3.92. The molecular formula is C13H16N2O2. The van der Waals surface area contributed by atoms with Gasteiger partial charge in [-0.25, -0.2) is 0 Å². The Morgan fingerprint density at radius 2 is 2.35 bits per heavy atom. The lowest BCUT2D eigenvalue weighted by molar-refractivity contribution is 0.0945. The molecule has 1 unspecified atom stereocenters. The van der Waals surface area contributed by atoms with E-state index in [0.29, 0.717) is 12.1 Å². The first-order valence-corrected chi connectivity index (χ1v) is 5.44. The highest BCUT2D eigenvalue weighted by Gasteiger charge is 2.13. The number of amides is 1. The molecule has 0 fully saturated rings. The molecular weight excluding hydrogens is 216 g/mol. The second-order valence-electron chi connectivity index (χ2n) is 3.75. The third-order valence-corrected chi connectivity index (χ3v) is 2.37. The minimum atomic E-state index is -0.366. The molecule has 1 aromatic carbocycles. The quantitative estimate of drug-likeness (QED) is 0.418. The van der Waals surface area contributed by atoms with Gasteiger partial charge in [0.2, 0.25) is 0 Å². The zero-order chi connectivity index (χ0) is 12.8. The van der Waals surface area contributed by atoms with Crippen LogP contribution in [0.4, 0.5) is 5.69 Å². The van der Waals surface area contributed by atoms with Crippen LogP contribution in [0.2, 0.25) is 0 Å². The molecule has 0 aromatic heterocycles. The van der Waals surface area contributed by atoms with Gasteiger partial charge in [-0.1, -0.05) is 19.3 Å². The summed E-state index contributed by atoms with van der Waals surface area (Å²) in [5.41, 5.74) is 6.21. The largest absolute Gasteiger partial charge is 0.508 e. The van der Waals surface area contributed by atoms with Gasteiger partial charge < -0.3 is 16.2 Å². The highest BCUT2D eigenvalue weighted by atomic mass is 16.3. The zero-order valence-electron chi connectivity index (χ0n) is 9.73. The van der Waals surface area contributed by atoms with Crippen molar-refractivity contribution in [2.24, 2.45) is 0 Å². The Bertz CT molecular complexity index is 449. The molecule has 0 bridgehead atoms. The summed E-state index contributed by atoms with van der Waals surface area (Å²) in [7, 11) is 0. The number of hydrogen-bond donors (Lipinski definition) is 3. The van der Waals surface area contributed by atoms with Gasteiger partial charge in [0.15, 0.2) is 0 Å². The standard InChI is InChI=1S/C13H16N2O2/c1-3-5-9(4-2)15-13(17)11-8-10(16)6-7-12(11)14/h2,6-9,16H,3,5,14H2,1H3,(H,15,17). The molecule has 4 heteroatoms. The summed E-state index contributed by atoms with van der Waals surface area (Å²) < 4.78 is 0. The zero-order valence-corrected chi connectivity index (χ0v) is 9.73. The lowest BCUT2D eigenvalue weighted by Gasteiger charge is -2.13. The molecule has 0 saturated carbocycles. The monoisotopic (exact) mass is 232 g/mol. The van der Waals surface area contributed by atoms with E-state index in [1.807, 2.05) is 6.92 Å². The molecule has 4 nitrogen and oxygen atoms in total. The first kappa shape index (κ1) is 12.9. The van der Waals surface area contributed by atoms with Crippen LogP contribution in [0, 0.1) is 12.3 Å². The van der Waals surface area contributed by atoms with Crippen molar-refractivity contribution in [3.8, 4) is 18.1 Å². The van der Waals surface area contributed by atoms with Gasteiger partial charge in [-0.05, 0) is 24.6 Å². The molecule has 0 radical (unpaired) electrons. The first-order chi connectivity index (χ1) is 8.08. The molecule has 1 aromatic rings. The summed E-state index contributed by atoms with van der Waals surface area (Å²) in [4.78, 5) is 11.9. The number of nitrogens with two attached hydrogens (primary N) is 1. The average Bonchev–Trinajstić information content (AvgIpc) is 2.31. The van der Waals surface area contributed by atoms with Gasteiger partial charge in [0, 0.05) is 5.69 Å². The predicted octanol–water partition coefficient (Wildman–Crippen LogP) is 1.51. The van der Waals surface area contributed by atoms with E-state index in [1.165, 1.54) is 18.2 Å². The van der Waals surface area contributed by atoms with E-state index in [2.05, 4.69) is 11.2 Å². The highest BCUT2D eigenvalue weighted by Crippen LogP contribution is 2.18. The van der Waals surface area contributed by atoms with Crippen LogP contribution >= 0.6 is 0 Å². The van der Waals surface area contributed by atoms with Crippen LogP contribution in [-0.2, 0) is 0 Å². The van der Waals surface area contributed by atoms with Crippen LogP contribution in [0.3, 0.4) is 0 Å². The Labute approximate surface area is 101 Å². The molecule has 0 aliphatic rings. The van der Waals surface area contributed by atoms with E-state index in [1.54, 1.807) is 0 Å². The van der Waals surface area contributed by atoms with Crippen LogP contribution in [0.25, 0.3) is 0 Å². The third-order valence-electron chi connectivity index (χ3n) is 2.37. The molecule has 1 amide bonds. The minimum absolute atomic E-state index is 0.00269. The van der Waals surface area contributed by atoms with E-state index >= 15 is 0 Å². The van der Waals surface area contributed by atoms with E-state index < -0.39 is 0 Å². The Kier molecular flexibility index (Phi) is 4.41. The number of rotatable bonds is 4. The molecule has 17 heavy (non-hydrogen) atoms. The smallest absolute Gasteiger partial charge is 0.254 e. The summed E-state index contributed by atoms with van der Waals surface area (Å²) in [6.45, 7) is 1.99. The topological polar surface area (TPSA) is 75.3 Å². The number of carbonyl (C=O) groups excluding carboxylic acids is 1. The molecule has 0 aliphatic heterocycles. The molecule has 0 aliphatic carbocycles. The van der Waals surface area contributed by atoms with E-state index in [4.69, 9.17) is 12.2 Å². The van der Waals surface area contributed by atoms with E-state index in [0.717, 1.165) is 6.42 Å². The summed E-state index contributed by atoms with van der Waals surface area (Å²) in [5.74, 6) is 2.13. The van der Waals surface area contributed by atoms with Crippen LogP contribution in [0.1, 0.15) is 30.1 Å². The number of benzene rings is 1. The van der Waals surface area contributed by atoms with Crippen LogP contribution in [0.15, 0.2) is 18.2 Å². The maximum absolute atomic E-state index is 11.9. The Balaban J connectivity index is 2.83. The molecule has 0 saturated heterocycles. The van der Waals surface area contributed by atoms with Gasteiger partial charge in [-0.2, -0.15) is 0 Å². The number of hydrogen-bond acceptors (Lipinski definition) is 3. The predicted molar refractivity (Wildman–Crippen MR) is 67.5 cm³/mol. The van der Waals surface area contributed by atoms with Crippen molar-refractivity contribution in [1.82, 2.24) is 5.32 Å². The normalized spacial score (nSPS) is 11.5. The number of nitrogens with one attached hydrogen (secondary N) is 1. The van der Waals surface area contributed by atoms with Crippen molar-refractivity contribution in [2.75, 3.05) is 5.73 Å². The first-order valence-electron chi connectivity index (χ1n) is 5.44. The number of terminal acetylenes is 1. The van der Waals surface area contributed by atoms with Crippen LogP contribution in [-0.4, -0.2) is 17.1 Å². The molecule has 1 atom stereocenters. The van der Waals surface area contributed by atoms with Gasteiger partial charge in [0.05, 0.1) is 11.6 Å². The number of anilines is 1. The summed E-state index contributed by atoms with van der Waals surface area (Å²) in [6.07, 6.45) is 6.90. The van der Waals surface area contributed by atoms with Crippen molar-refractivity contribution in [1.29, 1.82) is 0 Å². The van der Waals surface area contributed by atoms with Gasteiger partial charge in [-0.3, -0.25) is 4.79 Å². The van der Waals surface area contributed by atoms with Crippen molar-refractivity contribution in [3.05, 3.63) is 23.8 Å². The number of aromatic hydroxyl groups is 1.